The fourth-order valence-electron chi connectivity index (χ4n) is 3.21. The van der Waals surface area contributed by atoms with E-state index in [1.54, 1.807) is 19.9 Å². The van der Waals surface area contributed by atoms with Crippen molar-refractivity contribution in [1.82, 2.24) is 9.78 Å². The molecule has 3 rings (SSSR count). The van der Waals surface area contributed by atoms with Gasteiger partial charge in [-0.15, -0.1) is 0 Å². The van der Waals surface area contributed by atoms with E-state index in [2.05, 4.69) is 5.10 Å². The number of carbonyl (C=O) groups is 2. The lowest BCUT2D eigenvalue weighted by atomic mass is 9.91. The second kappa shape index (κ2) is 9.31. The largest absolute Gasteiger partial charge is 0.466 e. The Morgan fingerprint density at radius 2 is 1.83 bits per heavy atom. The Kier molecular flexibility index (Phi) is 6.58. The molecule has 1 N–H and O–H groups in total. The molecule has 156 valence electrons. The number of ether oxygens (including phenoxy) is 4. The molecule has 0 saturated heterocycles. The molecule has 1 aromatic heterocycles. The lowest BCUT2D eigenvalue weighted by Gasteiger charge is -2.16. The maximum Gasteiger partial charge on any atom is 0.327 e. The molecule has 2 aromatic rings. The summed E-state index contributed by atoms with van der Waals surface area (Å²) in [7, 11) is 0. The minimum Gasteiger partial charge on any atom is -0.466 e. The molecule has 1 aliphatic heterocycles. The van der Waals surface area contributed by atoms with E-state index in [1.165, 1.54) is 10.7 Å². The third-order valence-electron chi connectivity index (χ3n) is 4.49. The highest BCUT2D eigenvalue weighted by molar-refractivity contribution is 5.71. The molecule has 0 bridgehead atoms. The van der Waals surface area contributed by atoms with Gasteiger partial charge in [0.15, 0.2) is 11.5 Å². The molecule has 9 nitrogen and oxygen atoms in total. The van der Waals surface area contributed by atoms with E-state index in [0.29, 0.717) is 30.2 Å². The van der Waals surface area contributed by atoms with Crippen molar-refractivity contribution in [2.24, 2.45) is 0 Å². The lowest BCUT2D eigenvalue weighted by molar-refractivity contribution is -0.144. The average molecular weight is 404 g/mol. The van der Waals surface area contributed by atoms with Crippen LogP contribution in [0, 0.1) is 0 Å². The van der Waals surface area contributed by atoms with Crippen molar-refractivity contribution in [3.8, 4) is 11.5 Å². The predicted molar refractivity (Wildman–Crippen MR) is 102 cm³/mol. The first kappa shape index (κ1) is 20.5. The van der Waals surface area contributed by atoms with Crippen LogP contribution in [0.15, 0.2) is 29.1 Å². The number of nitrogens with zero attached hydrogens (tertiary/aromatic N) is 1. The maximum absolute atomic E-state index is 12.2. The molecule has 2 heterocycles. The number of hydrogen-bond acceptors (Lipinski definition) is 7. The SMILES string of the molecule is CCOC(=O)C[C@H](Cc1cc(=O)n(CC(=O)OCC)[nH]1)c1ccc2c(c1)OCO2. The number of nitrogens with one attached hydrogen (secondary N) is 1. The minimum absolute atomic E-state index is 0.137. The highest BCUT2D eigenvalue weighted by atomic mass is 16.7. The molecule has 0 saturated carbocycles. The molecule has 0 spiro atoms. The van der Waals surface area contributed by atoms with Gasteiger partial charge in [-0.2, -0.15) is 0 Å². The predicted octanol–water partition coefficient (Wildman–Crippen LogP) is 1.75. The van der Waals surface area contributed by atoms with Crippen molar-refractivity contribution >= 4 is 11.9 Å². The van der Waals surface area contributed by atoms with Crippen molar-refractivity contribution in [2.75, 3.05) is 20.0 Å². The number of carbonyl (C=O) groups excluding carboxylic acids is 2. The number of aromatic amines is 1. The minimum atomic E-state index is -0.498. The Hall–Kier alpha value is -3.23. The number of H-pyrrole nitrogens is 1. The molecule has 0 amide bonds. The van der Waals surface area contributed by atoms with Crippen LogP contribution in [0.2, 0.25) is 0 Å². The Morgan fingerprint density at radius 3 is 2.59 bits per heavy atom. The molecule has 0 aliphatic carbocycles. The van der Waals surface area contributed by atoms with E-state index >= 15 is 0 Å². The first-order valence-electron chi connectivity index (χ1n) is 9.49. The molecule has 9 heteroatoms. The molecule has 1 aliphatic rings. The molecule has 1 atom stereocenters. The first-order chi connectivity index (χ1) is 14.0. The summed E-state index contributed by atoms with van der Waals surface area (Å²) in [5.74, 6) is 0.185. The molecular weight excluding hydrogens is 380 g/mol. The monoisotopic (exact) mass is 404 g/mol. The number of benzene rings is 1. The summed E-state index contributed by atoms with van der Waals surface area (Å²) in [6.07, 6.45) is 0.516. The van der Waals surface area contributed by atoms with Gasteiger partial charge in [-0.25, -0.2) is 4.68 Å². The van der Waals surface area contributed by atoms with Gasteiger partial charge in [-0.05, 0) is 43.9 Å². The Morgan fingerprint density at radius 1 is 1.10 bits per heavy atom. The van der Waals surface area contributed by atoms with E-state index in [-0.39, 0.29) is 43.8 Å². The zero-order valence-electron chi connectivity index (χ0n) is 16.4. The number of rotatable bonds is 9. The van der Waals surface area contributed by atoms with Gasteiger partial charge in [0.05, 0.1) is 19.6 Å². The third kappa shape index (κ3) is 5.18. The molecule has 29 heavy (non-hydrogen) atoms. The van der Waals surface area contributed by atoms with Crippen molar-refractivity contribution in [2.45, 2.75) is 39.2 Å². The Balaban J connectivity index is 1.81. The summed E-state index contributed by atoms with van der Waals surface area (Å²) < 4.78 is 21.9. The fourth-order valence-corrected chi connectivity index (χ4v) is 3.21. The van der Waals surface area contributed by atoms with Gasteiger partial charge in [-0.3, -0.25) is 19.5 Å². The standard InChI is InChI=1S/C20H24N2O7/c1-3-26-19(24)9-14(13-5-6-16-17(8-13)29-12-28-16)7-15-10-18(23)22(21-15)11-20(25)27-4-2/h5-6,8,10,14,21H,3-4,7,9,11-12H2,1-2H3/t14-/m0/s1. The van der Waals surface area contributed by atoms with Crippen LogP contribution in [-0.2, 0) is 32.0 Å². The number of hydrogen-bond donors (Lipinski definition) is 1. The normalized spacial score (nSPS) is 13.2. The van der Waals surface area contributed by atoms with Gasteiger partial charge in [0.25, 0.3) is 5.56 Å². The molecule has 0 fully saturated rings. The van der Waals surface area contributed by atoms with Crippen molar-refractivity contribution in [3.63, 3.8) is 0 Å². The van der Waals surface area contributed by atoms with Gasteiger partial charge in [0.2, 0.25) is 6.79 Å². The van der Waals surface area contributed by atoms with Crippen LogP contribution < -0.4 is 15.0 Å². The topological polar surface area (TPSA) is 109 Å². The van der Waals surface area contributed by atoms with Crippen LogP contribution in [0.25, 0.3) is 0 Å². The molecule has 1 aromatic carbocycles. The number of esters is 2. The number of aromatic nitrogens is 2. The van der Waals surface area contributed by atoms with Gasteiger partial charge < -0.3 is 18.9 Å². The Bertz CT molecular complexity index is 931. The third-order valence-corrected chi connectivity index (χ3v) is 4.49. The quantitative estimate of drug-likeness (QED) is 0.634. The van der Waals surface area contributed by atoms with Crippen LogP contribution in [0.1, 0.15) is 37.4 Å². The molecule has 0 unspecified atom stereocenters. The van der Waals surface area contributed by atoms with Gasteiger partial charge >= 0.3 is 11.9 Å². The molecule has 0 radical (unpaired) electrons. The summed E-state index contributed by atoms with van der Waals surface area (Å²) in [6, 6.07) is 6.92. The average Bonchev–Trinajstić information content (AvgIpc) is 3.27. The smallest absolute Gasteiger partial charge is 0.327 e. The van der Waals surface area contributed by atoms with Crippen LogP contribution >= 0.6 is 0 Å². The zero-order chi connectivity index (χ0) is 20.8. The van der Waals surface area contributed by atoms with Gasteiger partial charge in [0.1, 0.15) is 6.54 Å². The second-order valence-corrected chi connectivity index (χ2v) is 6.53. The second-order valence-electron chi connectivity index (χ2n) is 6.53. The van der Waals surface area contributed by atoms with Crippen LogP contribution in [-0.4, -0.2) is 41.7 Å². The van der Waals surface area contributed by atoms with Crippen molar-refractivity contribution in [1.29, 1.82) is 0 Å². The number of fused-ring (bicyclic) bond motifs is 1. The van der Waals surface area contributed by atoms with Crippen LogP contribution in [0.4, 0.5) is 0 Å². The Labute approximate surface area is 167 Å². The van der Waals surface area contributed by atoms with Crippen LogP contribution in [0.5, 0.6) is 11.5 Å². The first-order valence-corrected chi connectivity index (χ1v) is 9.49. The lowest BCUT2D eigenvalue weighted by Crippen LogP contribution is -2.23. The van der Waals surface area contributed by atoms with E-state index < -0.39 is 5.97 Å². The highest BCUT2D eigenvalue weighted by Gasteiger charge is 2.22. The van der Waals surface area contributed by atoms with Crippen LogP contribution in [0.3, 0.4) is 0 Å². The van der Waals surface area contributed by atoms with E-state index in [1.807, 2.05) is 12.1 Å². The van der Waals surface area contributed by atoms with E-state index in [4.69, 9.17) is 18.9 Å². The van der Waals surface area contributed by atoms with Gasteiger partial charge in [0, 0.05) is 11.8 Å². The molecular formula is C20H24N2O7. The van der Waals surface area contributed by atoms with Crippen molar-refractivity contribution < 1.29 is 28.5 Å². The summed E-state index contributed by atoms with van der Waals surface area (Å²) in [5.41, 5.74) is 1.13. The summed E-state index contributed by atoms with van der Waals surface area (Å²) in [5, 5.41) is 2.92. The fraction of sp³-hybridized carbons (Fsp3) is 0.450. The maximum atomic E-state index is 12.2. The summed E-state index contributed by atoms with van der Waals surface area (Å²) >= 11 is 0. The zero-order valence-corrected chi connectivity index (χ0v) is 16.4. The van der Waals surface area contributed by atoms with E-state index in [9.17, 15) is 14.4 Å². The highest BCUT2D eigenvalue weighted by Crippen LogP contribution is 2.36. The van der Waals surface area contributed by atoms with Crippen molar-refractivity contribution in [3.05, 3.63) is 45.9 Å². The van der Waals surface area contributed by atoms with Gasteiger partial charge in [-0.1, -0.05) is 6.07 Å². The van der Waals surface area contributed by atoms with E-state index in [0.717, 1.165) is 5.56 Å². The summed E-state index contributed by atoms with van der Waals surface area (Å²) in [4.78, 5) is 35.9. The summed E-state index contributed by atoms with van der Waals surface area (Å²) in [6.45, 7) is 3.95.